The average molecular weight is 472 g/mol. The smallest absolute Gasteiger partial charge is 0.253 e. The van der Waals surface area contributed by atoms with Crippen molar-refractivity contribution in [1.82, 2.24) is 10.3 Å². The number of fused-ring (bicyclic) bond motifs is 1. The zero-order chi connectivity index (χ0) is 21.8. The first-order chi connectivity index (χ1) is 15.0. The Morgan fingerprint density at radius 3 is 2.84 bits per heavy atom. The number of thioether (sulfide) groups is 1. The lowest BCUT2D eigenvalue weighted by molar-refractivity contribution is -0.115. The number of rotatable bonds is 7. The van der Waals surface area contributed by atoms with E-state index >= 15 is 0 Å². The van der Waals surface area contributed by atoms with Gasteiger partial charge in [0.15, 0.2) is 4.34 Å². The van der Waals surface area contributed by atoms with E-state index in [2.05, 4.69) is 10.3 Å². The summed E-state index contributed by atoms with van der Waals surface area (Å²) < 4.78 is 7.06. The molecule has 0 radical (unpaired) electrons. The molecule has 1 N–H and O–H groups in total. The second kappa shape index (κ2) is 9.55. The number of halogens is 1. The number of furan rings is 1. The van der Waals surface area contributed by atoms with Crippen molar-refractivity contribution in [1.29, 1.82) is 0 Å². The fourth-order valence-electron chi connectivity index (χ4n) is 2.93. The molecular weight excluding hydrogens is 454 g/mol. The van der Waals surface area contributed by atoms with E-state index in [0.29, 0.717) is 22.0 Å². The molecule has 0 aliphatic carbocycles. The predicted octanol–water partition coefficient (Wildman–Crippen LogP) is 5.23. The van der Waals surface area contributed by atoms with Crippen molar-refractivity contribution in [3.63, 3.8) is 0 Å². The molecule has 2 amide bonds. The third-order valence-corrected chi connectivity index (χ3v) is 6.94. The molecule has 0 unspecified atom stereocenters. The van der Waals surface area contributed by atoms with Gasteiger partial charge in [0, 0.05) is 12.1 Å². The van der Waals surface area contributed by atoms with E-state index in [4.69, 9.17) is 16.0 Å². The van der Waals surface area contributed by atoms with Crippen LogP contribution in [0.2, 0.25) is 5.02 Å². The summed E-state index contributed by atoms with van der Waals surface area (Å²) in [6.07, 6.45) is 1.56. The molecule has 2 heterocycles. The van der Waals surface area contributed by atoms with Crippen LogP contribution in [0.5, 0.6) is 0 Å². The Hall–Kier alpha value is -2.81. The van der Waals surface area contributed by atoms with E-state index in [1.807, 2.05) is 18.2 Å². The number of anilines is 1. The summed E-state index contributed by atoms with van der Waals surface area (Å²) >= 11 is 8.90. The van der Waals surface area contributed by atoms with Crippen LogP contribution in [0.3, 0.4) is 0 Å². The molecule has 9 heteroatoms. The van der Waals surface area contributed by atoms with Gasteiger partial charge in [-0.2, -0.15) is 0 Å². The van der Waals surface area contributed by atoms with Crippen LogP contribution in [0.1, 0.15) is 16.1 Å². The number of nitrogens with zero attached hydrogens (tertiary/aromatic N) is 2. The van der Waals surface area contributed by atoms with Gasteiger partial charge < -0.3 is 14.6 Å². The van der Waals surface area contributed by atoms with Crippen LogP contribution >= 0.6 is 34.7 Å². The highest BCUT2D eigenvalue weighted by Gasteiger charge is 2.19. The molecule has 2 aromatic carbocycles. The molecule has 31 heavy (non-hydrogen) atoms. The van der Waals surface area contributed by atoms with Gasteiger partial charge in [-0.05, 0) is 42.5 Å². The van der Waals surface area contributed by atoms with Gasteiger partial charge in [-0.1, -0.05) is 35.5 Å². The second-order valence-corrected chi connectivity index (χ2v) is 9.30. The van der Waals surface area contributed by atoms with Gasteiger partial charge in [0.05, 0.1) is 40.0 Å². The summed E-state index contributed by atoms with van der Waals surface area (Å²) in [5.74, 6) is 0.451. The van der Waals surface area contributed by atoms with Crippen LogP contribution in [0.15, 0.2) is 69.6 Å². The van der Waals surface area contributed by atoms with Gasteiger partial charge >= 0.3 is 0 Å². The first-order valence-electron chi connectivity index (χ1n) is 9.36. The molecule has 4 rings (SSSR count). The molecule has 4 aromatic rings. The maximum Gasteiger partial charge on any atom is 0.253 e. The summed E-state index contributed by atoms with van der Waals surface area (Å²) in [6, 6.07) is 16.1. The zero-order valence-corrected chi connectivity index (χ0v) is 18.9. The monoisotopic (exact) mass is 471 g/mol. The van der Waals surface area contributed by atoms with Crippen molar-refractivity contribution in [3.8, 4) is 0 Å². The fraction of sp³-hybridized carbons (Fsp3) is 0.136. The first kappa shape index (κ1) is 21.4. The highest BCUT2D eigenvalue weighted by molar-refractivity contribution is 8.01. The van der Waals surface area contributed by atoms with Crippen molar-refractivity contribution >= 4 is 62.4 Å². The number of aromatic nitrogens is 1. The standard InChI is InChI=1S/C22H18ClN3O3S2/c1-26(20(27)13-30-22-25-17-11-14(23)8-9-19(17)31-22)18-7-3-2-6-16(18)21(28)24-12-15-5-4-10-29-15/h2-11H,12-13H2,1H3,(H,24,28). The number of benzene rings is 2. The number of hydrogen-bond acceptors (Lipinski definition) is 6. The number of para-hydroxylation sites is 1. The lowest BCUT2D eigenvalue weighted by Crippen LogP contribution is -2.31. The highest BCUT2D eigenvalue weighted by Crippen LogP contribution is 2.31. The SMILES string of the molecule is CN(C(=O)CSc1nc2cc(Cl)ccc2s1)c1ccccc1C(=O)NCc1ccco1. The lowest BCUT2D eigenvalue weighted by Gasteiger charge is -2.20. The maximum absolute atomic E-state index is 12.8. The van der Waals surface area contributed by atoms with Gasteiger partial charge in [0.2, 0.25) is 5.91 Å². The van der Waals surface area contributed by atoms with Crippen molar-refractivity contribution in [2.24, 2.45) is 0 Å². The number of carbonyl (C=O) groups is 2. The molecule has 6 nitrogen and oxygen atoms in total. The number of nitrogens with one attached hydrogen (secondary N) is 1. The van der Waals surface area contributed by atoms with Gasteiger partial charge in [0.1, 0.15) is 5.76 Å². The topological polar surface area (TPSA) is 75.4 Å². The number of carbonyl (C=O) groups excluding carboxylic acids is 2. The predicted molar refractivity (Wildman–Crippen MR) is 125 cm³/mol. The Balaban J connectivity index is 1.42. The van der Waals surface area contributed by atoms with E-state index in [1.54, 1.807) is 49.7 Å². The second-order valence-electron chi connectivity index (χ2n) is 6.61. The van der Waals surface area contributed by atoms with Crippen molar-refractivity contribution in [2.75, 3.05) is 17.7 Å². The fourth-order valence-corrected chi connectivity index (χ4v) is 5.06. The first-order valence-corrected chi connectivity index (χ1v) is 11.5. The Kier molecular flexibility index (Phi) is 6.60. The highest BCUT2D eigenvalue weighted by atomic mass is 35.5. The van der Waals surface area contributed by atoms with E-state index < -0.39 is 0 Å². The zero-order valence-electron chi connectivity index (χ0n) is 16.5. The summed E-state index contributed by atoms with van der Waals surface area (Å²) in [7, 11) is 1.67. The van der Waals surface area contributed by atoms with Crippen LogP contribution in [0.25, 0.3) is 10.2 Å². The van der Waals surface area contributed by atoms with Crippen molar-refractivity contribution < 1.29 is 14.0 Å². The molecule has 0 saturated heterocycles. The molecular formula is C22H18ClN3O3S2. The molecule has 0 saturated carbocycles. The molecule has 0 fully saturated rings. The maximum atomic E-state index is 12.8. The third-order valence-electron chi connectivity index (χ3n) is 4.54. The largest absolute Gasteiger partial charge is 0.467 e. The normalized spacial score (nSPS) is 10.9. The van der Waals surface area contributed by atoms with Crippen LogP contribution in [-0.4, -0.2) is 29.6 Å². The van der Waals surface area contributed by atoms with Crippen LogP contribution in [-0.2, 0) is 11.3 Å². The summed E-state index contributed by atoms with van der Waals surface area (Å²) in [5, 5.41) is 3.45. The third kappa shape index (κ3) is 5.10. The van der Waals surface area contributed by atoms with E-state index in [-0.39, 0.29) is 24.1 Å². The lowest BCUT2D eigenvalue weighted by atomic mass is 10.1. The summed E-state index contributed by atoms with van der Waals surface area (Å²) in [6.45, 7) is 0.273. The van der Waals surface area contributed by atoms with E-state index in [1.165, 1.54) is 28.0 Å². The van der Waals surface area contributed by atoms with Crippen molar-refractivity contribution in [3.05, 3.63) is 77.2 Å². The molecule has 0 aliphatic heterocycles. The molecule has 0 spiro atoms. The molecule has 0 bridgehead atoms. The Bertz CT molecular complexity index is 1220. The van der Waals surface area contributed by atoms with Gasteiger partial charge in [0.25, 0.3) is 5.91 Å². The Morgan fingerprint density at radius 2 is 2.03 bits per heavy atom. The average Bonchev–Trinajstić information content (AvgIpc) is 3.44. The number of thiazole rings is 1. The minimum atomic E-state index is -0.276. The van der Waals surface area contributed by atoms with Crippen LogP contribution in [0.4, 0.5) is 5.69 Å². The number of amides is 2. The summed E-state index contributed by atoms with van der Waals surface area (Å²) in [5.41, 5.74) is 1.78. The Morgan fingerprint density at radius 1 is 1.19 bits per heavy atom. The van der Waals surface area contributed by atoms with Gasteiger partial charge in [-0.15, -0.1) is 11.3 Å². The van der Waals surface area contributed by atoms with E-state index in [0.717, 1.165) is 14.6 Å². The summed E-state index contributed by atoms with van der Waals surface area (Å²) in [4.78, 5) is 31.5. The van der Waals surface area contributed by atoms with Crippen molar-refractivity contribution in [2.45, 2.75) is 10.9 Å². The van der Waals surface area contributed by atoms with Gasteiger partial charge in [-0.25, -0.2) is 4.98 Å². The molecule has 158 valence electrons. The molecule has 0 atom stereocenters. The minimum Gasteiger partial charge on any atom is -0.467 e. The van der Waals surface area contributed by atoms with Crippen LogP contribution in [0, 0.1) is 0 Å². The van der Waals surface area contributed by atoms with Gasteiger partial charge in [-0.3, -0.25) is 9.59 Å². The van der Waals surface area contributed by atoms with Crippen LogP contribution < -0.4 is 10.2 Å². The quantitative estimate of drug-likeness (QED) is 0.373. The van der Waals surface area contributed by atoms with E-state index in [9.17, 15) is 9.59 Å². The molecule has 2 aromatic heterocycles. The number of hydrogen-bond donors (Lipinski definition) is 1. The Labute approximate surface area is 192 Å². The molecule has 0 aliphatic rings. The minimum absolute atomic E-state index is 0.131.